The molecule has 0 aliphatic heterocycles. The van der Waals surface area contributed by atoms with Crippen molar-refractivity contribution in [1.29, 1.82) is 0 Å². The van der Waals surface area contributed by atoms with Gasteiger partial charge in [-0.3, -0.25) is 0 Å². The summed E-state index contributed by atoms with van der Waals surface area (Å²) >= 11 is 0. The van der Waals surface area contributed by atoms with Crippen LogP contribution >= 0.6 is 0 Å². The van der Waals surface area contributed by atoms with Crippen molar-refractivity contribution in [2.24, 2.45) is 5.92 Å². The predicted octanol–water partition coefficient (Wildman–Crippen LogP) is 2.31. The van der Waals surface area contributed by atoms with Gasteiger partial charge in [-0.25, -0.2) is 35.1 Å². The smallest absolute Gasteiger partial charge is 0.342 e. The Morgan fingerprint density at radius 2 is 1.52 bits per heavy atom. The van der Waals surface area contributed by atoms with Crippen molar-refractivity contribution in [1.82, 2.24) is 4.31 Å². The molecule has 0 amide bonds. The van der Waals surface area contributed by atoms with Gasteiger partial charge in [0, 0.05) is 14.1 Å². The van der Waals surface area contributed by atoms with Crippen LogP contribution in [0.2, 0.25) is 0 Å². The number of halogens is 4. The Kier molecular flexibility index (Phi) is 5.75. The topological polar surface area (TPSA) is 63.7 Å². The fourth-order valence-electron chi connectivity index (χ4n) is 1.53. The van der Waals surface area contributed by atoms with Crippen molar-refractivity contribution in [2.45, 2.75) is 18.7 Å². The highest BCUT2D eigenvalue weighted by atomic mass is 32.2. The van der Waals surface area contributed by atoms with Crippen LogP contribution in [0.1, 0.15) is 24.2 Å². The lowest BCUT2D eigenvalue weighted by molar-refractivity contribution is 0.0445. The van der Waals surface area contributed by atoms with E-state index in [1.54, 1.807) is 13.8 Å². The monoisotopic (exact) mass is 357 g/mol. The minimum atomic E-state index is -4.77. The maximum absolute atomic E-state index is 13.9. The van der Waals surface area contributed by atoms with Crippen molar-refractivity contribution >= 4 is 16.0 Å². The van der Waals surface area contributed by atoms with E-state index >= 15 is 0 Å². The second kappa shape index (κ2) is 6.83. The van der Waals surface area contributed by atoms with E-state index in [0.717, 1.165) is 14.1 Å². The van der Waals surface area contributed by atoms with E-state index in [1.807, 2.05) is 0 Å². The third-order valence-electron chi connectivity index (χ3n) is 2.71. The summed E-state index contributed by atoms with van der Waals surface area (Å²) in [6.45, 7) is 3.01. The molecule has 0 unspecified atom stereocenters. The molecule has 0 heterocycles. The largest absolute Gasteiger partial charge is 0.462 e. The highest BCUT2D eigenvalue weighted by Gasteiger charge is 2.37. The summed E-state index contributed by atoms with van der Waals surface area (Å²) in [6.07, 6.45) is 0. The molecule has 1 rings (SSSR count). The lowest BCUT2D eigenvalue weighted by atomic mass is 10.2. The van der Waals surface area contributed by atoms with Gasteiger partial charge in [-0.2, -0.15) is 0 Å². The van der Waals surface area contributed by atoms with Gasteiger partial charge < -0.3 is 4.74 Å². The fourth-order valence-corrected chi connectivity index (χ4v) is 2.65. The Morgan fingerprint density at radius 1 is 1.04 bits per heavy atom. The van der Waals surface area contributed by atoms with Gasteiger partial charge in [0.05, 0.1) is 6.61 Å². The molecule has 0 fully saturated rings. The van der Waals surface area contributed by atoms with Crippen LogP contribution in [-0.4, -0.2) is 39.4 Å². The van der Waals surface area contributed by atoms with E-state index in [4.69, 9.17) is 0 Å². The molecule has 0 aliphatic carbocycles. The molecule has 1 aromatic rings. The van der Waals surface area contributed by atoms with Gasteiger partial charge in [0.1, 0.15) is 10.5 Å². The lowest BCUT2D eigenvalue weighted by Gasteiger charge is -2.17. The maximum atomic E-state index is 13.9. The summed E-state index contributed by atoms with van der Waals surface area (Å²) in [5.41, 5.74) is -1.50. The Balaban J connectivity index is 3.71. The molecule has 0 spiro atoms. The number of benzene rings is 1. The van der Waals surface area contributed by atoms with Crippen LogP contribution in [0.5, 0.6) is 0 Å². The summed E-state index contributed by atoms with van der Waals surface area (Å²) in [4.78, 5) is 10.3. The average molecular weight is 357 g/mol. The first-order chi connectivity index (χ1) is 10.4. The molecule has 5 nitrogen and oxygen atoms in total. The first kappa shape index (κ1) is 19.4. The summed E-state index contributed by atoms with van der Waals surface area (Å²) in [5.74, 6) is -10.7. The van der Waals surface area contributed by atoms with Gasteiger partial charge in [0.2, 0.25) is 10.0 Å². The van der Waals surface area contributed by atoms with Gasteiger partial charge >= 0.3 is 5.97 Å². The number of hydrogen-bond acceptors (Lipinski definition) is 4. The van der Waals surface area contributed by atoms with Gasteiger partial charge in [0.15, 0.2) is 23.3 Å². The molecule has 0 radical (unpaired) electrons. The molecule has 0 saturated heterocycles. The van der Waals surface area contributed by atoms with Gasteiger partial charge in [-0.15, -0.1) is 0 Å². The quantitative estimate of drug-likeness (QED) is 0.351. The van der Waals surface area contributed by atoms with Crippen LogP contribution in [0, 0.1) is 29.2 Å². The molecular weight excluding hydrogens is 342 g/mol. The highest BCUT2D eigenvalue weighted by molar-refractivity contribution is 7.89. The molecule has 0 aromatic heterocycles. The maximum Gasteiger partial charge on any atom is 0.342 e. The molecule has 1 aromatic carbocycles. The van der Waals surface area contributed by atoms with Crippen molar-refractivity contribution < 1.29 is 35.5 Å². The standard InChI is InChI=1S/C13H15F4NO4S/c1-6(2)5-22-13(19)7-8(14)9(15)10(16)11(17)12(7)23(20,21)18(3)4/h6H,5H2,1-4H3. The van der Waals surface area contributed by atoms with Crippen LogP contribution in [0.25, 0.3) is 0 Å². The summed E-state index contributed by atoms with van der Waals surface area (Å²) in [7, 11) is -2.86. The summed E-state index contributed by atoms with van der Waals surface area (Å²) in [5, 5.41) is 0. The van der Waals surface area contributed by atoms with Crippen LogP contribution in [0.15, 0.2) is 4.90 Å². The molecule has 23 heavy (non-hydrogen) atoms. The zero-order valence-electron chi connectivity index (χ0n) is 12.8. The molecular formula is C13H15F4NO4S. The van der Waals surface area contributed by atoms with E-state index < -0.39 is 49.7 Å². The van der Waals surface area contributed by atoms with E-state index in [-0.39, 0.29) is 12.5 Å². The number of carbonyl (C=O) groups excluding carboxylic acids is 1. The summed E-state index contributed by atoms with van der Waals surface area (Å²) < 4.78 is 83.7. The average Bonchev–Trinajstić information content (AvgIpc) is 2.45. The Morgan fingerprint density at radius 3 is 1.96 bits per heavy atom. The van der Waals surface area contributed by atoms with Gasteiger partial charge in [0.25, 0.3) is 0 Å². The summed E-state index contributed by atoms with van der Waals surface area (Å²) in [6, 6.07) is 0. The molecule has 0 bridgehead atoms. The van der Waals surface area contributed by atoms with E-state index in [1.165, 1.54) is 0 Å². The number of nitrogens with zero attached hydrogens (tertiary/aromatic N) is 1. The number of sulfonamides is 1. The van der Waals surface area contributed by atoms with Gasteiger partial charge in [-0.1, -0.05) is 13.8 Å². The predicted molar refractivity (Wildman–Crippen MR) is 72.3 cm³/mol. The zero-order valence-corrected chi connectivity index (χ0v) is 13.6. The highest BCUT2D eigenvalue weighted by Crippen LogP contribution is 2.30. The third-order valence-corrected chi connectivity index (χ3v) is 4.58. The fraction of sp³-hybridized carbons (Fsp3) is 0.462. The minimum absolute atomic E-state index is 0.203. The van der Waals surface area contributed by atoms with Crippen LogP contribution < -0.4 is 0 Å². The second-order valence-corrected chi connectivity index (χ2v) is 7.33. The van der Waals surface area contributed by atoms with Crippen molar-refractivity contribution in [3.05, 3.63) is 28.8 Å². The number of hydrogen-bond donors (Lipinski definition) is 0. The SMILES string of the molecule is CC(C)COC(=O)c1c(F)c(F)c(F)c(F)c1S(=O)(=O)N(C)C. The van der Waals surface area contributed by atoms with Crippen molar-refractivity contribution in [3.8, 4) is 0 Å². The van der Waals surface area contributed by atoms with Crippen LogP contribution in [0.4, 0.5) is 17.6 Å². The molecule has 10 heteroatoms. The van der Waals surface area contributed by atoms with Crippen LogP contribution in [-0.2, 0) is 14.8 Å². The first-order valence-corrected chi connectivity index (χ1v) is 7.82. The molecule has 0 aliphatic rings. The number of carbonyl (C=O) groups is 1. The van der Waals surface area contributed by atoms with Crippen LogP contribution in [0.3, 0.4) is 0 Å². The molecule has 0 saturated carbocycles. The van der Waals surface area contributed by atoms with Crippen molar-refractivity contribution in [3.63, 3.8) is 0 Å². The van der Waals surface area contributed by atoms with Gasteiger partial charge in [-0.05, 0) is 5.92 Å². The lowest BCUT2D eigenvalue weighted by Crippen LogP contribution is -2.28. The third kappa shape index (κ3) is 3.63. The van der Waals surface area contributed by atoms with E-state index in [9.17, 15) is 30.8 Å². The number of esters is 1. The Bertz CT molecular complexity index is 732. The second-order valence-electron chi connectivity index (χ2n) is 5.24. The van der Waals surface area contributed by atoms with E-state index in [0.29, 0.717) is 4.31 Å². The normalized spacial score (nSPS) is 12.1. The first-order valence-electron chi connectivity index (χ1n) is 6.38. The molecule has 0 atom stereocenters. The minimum Gasteiger partial charge on any atom is -0.462 e. The Hall–Kier alpha value is -1.68. The number of rotatable bonds is 5. The zero-order chi connectivity index (χ0) is 18.1. The van der Waals surface area contributed by atoms with E-state index in [2.05, 4.69) is 4.74 Å². The molecule has 0 N–H and O–H groups in total. The molecule has 130 valence electrons. The van der Waals surface area contributed by atoms with Crippen molar-refractivity contribution in [2.75, 3.05) is 20.7 Å². The Labute approximate surface area is 130 Å². The number of ether oxygens (including phenoxy) is 1.